The molecule has 0 amide bonds. The molecule has 2 aliphatic rings. The fourth-order valence-corrected chi connectivity index (χ4v) is 2.05. The van der Waals surface area contributed by atoms with E-state index in [1.165, 1.54) is 19.3 Å². The van der Waals surface area contributed by atoms with Gasteiger partial charge in [0.15, 0.2) is 0 Å². The maximum Gasteiger partial charge on any atom is -0.0302 e. The summed E-state index contributed by atoms with van der Waals surface area (Å²) in [4.78, 5) is 0. The summed E-state index contributed by atoms with van der Waals surface area (Å²) in [5.41, 5.74) is 0.750. The molecule has 0 spiro atoms. The van der Waals surface area contributed by atoms with E-state index in [2.05, 4.69) is 41.5 Å². The first-order valence-electron chi connectivity index (χ1n) is 6.37. The van der Waals surface area contributed by atoms with Crippen molar-refractivity contribution in [3.63, 3.8) is 0 Å². The third kappa shape index (κ3) is 3.29. The molecular weight excluding hydrogens is 168 g/mol. The van der Waals surface area contributed by atoms with E-state index in [1.807, 2.05) is 0 Å². The van der Waals surface area contributed by atoms with Crippen LogP contribution in [0.3, 0.4) is 0 Å². The van der Waals surface area contributed by atoms with E-state index in [1.54, 1.807) is 0 Å². The third-order valence-corrected chi connectivity index (χ3v) is 4.46. The summed E-state index contributed by atoms with van der Waals surface area (Å²) in [6, 6.07) is 0. The molecule has 14 heavy (non-hydrogen) atoms. The Labute approximate surface area is 90.5 Å². The number of hydrogen-bond donors (Lipinski definition) is 0. The molecule has 0 saturated heterocycles. The van der Waals surface area contributed by atoms with Crippen LogP contribution in [-0.2, 0) is 0 Å². The standard InChI is InChI=1S/2C7H14/c1-6(2)7(3)4-5-7;1-5(2)7-4-6(7)3/h6H,4-5H2,1-3H3;5-7H,4H2,1-3H3. The molecule has 0 aromatic rings. The minimum atomic E-state index is 0.750. The van der Waals surface area contributed by atoms with E-state index < -0.39 is 0 Å². The van der Waals surface area contributed by atoms with Gasteiger partial charge >= 0.3 is 0 Å². The van der Waals surface area contributed by atoms with Gasteiger partial charge in [-0.15, -0.1) is 0 Å². The predicted molar refractivity (Wildman–Crippen MR) is 64.3 cm³/mol. The van der Waals surface area contributed by atoms with Crippen LogP contribution in [-0.4, -0.2) is 0 Å². The van der Waals surface area contributed by atoms with Crippen molar-refractivity contribution < 1.29 is 0 Å². The Kier molecular flexibility index (Phi) is 3.66. The second-order valence-corrected chi connectivity index (χ2v) is 6.43. The monoisotopic (exact) mass is 196 g/mol. The van der Waals surface area contributed by atoms with Crippen LogP contribution in [0.25, 0.3) is 0 Å². The zero-order valence-corrected chi connectivity index (χ0v) is 10.9. The minimum Gasteiger partial charge on any atom is -0.0625 e. The summed E-state index contributed by atoms with van der Waals surface area (Å²) >= 11 is 0. The normalized spacial score (nSPS) is 32.6. The number of rotatable bonds is 2. The molecule has 2 atom stereocenters. The zero-order valence-electron chi connectivity index (χ0n) is 10.9. The smallest absolute Gasteiger partial charge is 0.0302 e. The molecule has 2 unspecified atom stereocenters. The SMILES string of the molecule is CC(C)C1(C)CC1.CC(C)C1CC1C. The first-order valence-corrected chi connectivity index (χ1v) is 6.37. The van der Waals surface area contributed by atoms with Crippen molar-refractivity contribution >= 4 is 0 Å². The van der Waals surface area contributed by atoms with Crippen molar-refractivity contribution in [2.45, 2.75) is 60.8 Å². The Hall–Kier alpha value is 0. The zero-order chi connectivity index (χ0) is 10.9. The molecule has 2 rings (SSSR count). The van der Waals surface area contributed by atoms with E-state index >= 15 is 0 Å². The van der Waals surface area contributed by atoms with Crippen LogP contribution < -0.4 is 0 Å². The first-order chi connectivity index (χ1) is 6.37. The average molecular weight is 196 g/mol. The Balaban J connectivity index is 0.000000140. The molecule has 0 aliphatic heterocycles. The molecule has 2 fully saturated rings. The van der Waals surface area contributed by atoms with Crippen molar-refractivity contribution in [1.29, 1.82) is 0 Å². The van der Waals surface area contributed by atoms with Crippen LogP contribution in [0.2, 0.25) is 0 Å². The van der Waals surface area contributed by atoms with Gasteiger partial charge in [0.1, 0.15) is 0 Å². The Morgan fingerprint density at radius 3 is 1.50 bits per heavy atom. The molecule has 84 valence electrons. The van der Waals surface area contributed by atoms with Gasteiger partial charge in [0.25, 0.3) is 0 Å². The molecule has 2 saturated carbocycles. The molecule has 0 radical (unpaired) electrons. The highest BCUT2D eigenvalue weighted by molar-refractivity contribution is 4.90. The summed E-state index contributed by atoms with van der Waals surface area (Å²) in [5, 5.41) is 0. The first kappa shape index (κ1) is 12.1. The van der Waals surface area contributed by atoms with E-state index in [0.29, 0.717) is 0 Å². The maximum absolute atomic E-state index is 2.37. The Morgan fingerprint density at radius 1 is 1.07 bits per heavy atom. The lowest BCUT2D eigenvalue weighted by atomic mass is 9.95. The number of hydrogen-bond acceptors (Lipinski definition) is 0. The third-order valence-electron chi connectivity index (χ3n) is 4.46. The summed E-state index contributed by atoms with van der Waals surface area (Å²) in [5.74, 6) is 3.96. The van der Waals surface area contributed by atoms with Crippen LogP contribution >= 0.6 is 0 Å². The van der Waals surface area contributed by atoms with Crippen LogP contribution in [0, 0.1) is 29.1 Å². The van der Waals surface area contributed by atoms with Crippen molar-refractivity contribution in [2.24, 2.45) is 29.1 Å². The van der Waals surface area contributed by atoms with Crippen LogP contribution in [0.15, 0.2) is 0 Å². The summed E-state index contributed by atoms with van der Waals surface area (Å²) < 4.78 is 0. The Morgan fingerprint density at radius 2 is 1.50 bits per heavy atom. The average Bonchev–Trinajstić information content (AvgIpc) is 2.91. The molecule has 0 heterocycles. The van der Waals surface area contributed by atoms with E-state index in [9.17, 15) is 0 Å². The second kappa shape index (κ2) is 4.24. The molecule has 0 N–H and O–H groups in total. The molecule has 0 aromatic heterocycles. The van der Waals surface area contributed by atoms with Gasteiger partial charge in [-0.3, -0.25) is 0 Å². The summed E-state index contributed by atoms with van der Waals surface area (Å²) in [7, 11) is 0. The van der Waals surface area contributed by atoms with Crippen molar-refractivity contribution in [3.05, 3.63) is 0 Å². The van der Waals surface area contributed by atoms with Gasteiger partial charge in [-0.2, -0.15) is 0 Å². The van der Waals surface area contributed by atoms with Gasteiger partial charge in [0.05, 0.1) is 0 Å². The van der Waals surface area contributed by atoms with E-state index in [4.69, 9.17) is 0 Å². The topological polar surface area (TPSA) is 0 Å². The molecular formula is C14H28. The minimum absolute atomic E-state index is 0.750. The second-order valence-electron chi connectivity index (χ2n) is 6.43. The van der Waals surface area contributed by atoms with Gasteiger partial charge in [-0.05, 0) is 48.3 Å². The van der Waals surface area contributed by atoms with Gasteiger partial charge in [-0.25, -0.2) is 0 Å². The van der Waals surface area contributed by atoms with E-state index in [-0.39, 0.29) is 0 Å². The lowest BCUT2D eigenvalue weighted by Crippen LogP contribution is -2.01. The molecule has 0 heteroatoms. The highest BCUT2D eigenvalue weighted by Gasteiger charge is 2.39. The largest absolute Gasteiger partial charge is 0.0625 e. The quantitative estimate of drug-likeness (QED) is 0.598. The predicted octanol–water partition coefficient (Wildman–Crippen LogP) is 4.74. The van der Waals surface area contributed by atoms with Gasteiger partial charge in [0, 0.05) is 0 Å². The Bertz CT molecular complexity index is 174. The van der Waals surface area contributed by atoms with Crippen LogP contribution in [0.5, 0.6) is 0 Å². The highest BCUT2D eigenvalue weighted by atomic mass is 14.4. The van der Waals surface area contributed by atoms with Crippen LogP contribution in [0.1, 0.15) is 60.8 Å². The summed E-state index contributed by atoms with van der Waals surface area (Å²) in [6.45, 7) is 14.0. The molecule has 0 aromatic carbocycles. The lowest BCUT2D eigenvalue weighted by molar-refractivity contribution is 0.397. The highest BCUT2D eigenvalue weighted by Crippen LogP contribution is 2.50. The molecule has 0 bridgehead atoms. The van der Waals surface area contributed by atoms with Gasteiger partial charge in [0.2, 0.25) is 0 Å². The van der Waals surface area contributed by atoms with Gasteiger partial charge in [-0.1, -0.05) is 41.5 Å². The maximum atomic E-state index is 2.37. The lowest BCUT2D eigenvalue weighted by Gasteiger charge is -2.10. The molecule has 0 nitrogen and oxygen atoms in total. The molecule has 2 aliphatic carbocycles. The fourth-order valence-electron chi connectivity index (χ4n) is 2.05. The van der Waals surface area contributed by atoms with Crippen molar-refractivity contribution in [1.82, 2.24) is 0 Å². The van der Waals surface area contributed by atoms with Crippen LogP contribution in [0.4, 0.5) is 0 Å². The van der Waals surface area contributed by atoms with E-state index in [0.717, 1.165) is 29.1 Å². The fraction of sp³-hybridized carbons (Fsp3) is 1.00. The van der Waals surface area contributed by atoms with Crippen molar-refractivity contribution in [2.75, 3.05) is 0 Å². The summed E-state index contributed by atoms with van der Waals surface area (Å²) in [6.07, 6.45) is 4.41. The van der Waals surface area contributed by atoms with Gasteiger partial charge < -0.3 is 0 Å². The van der Waals surface area contributed by atoms with Crippen molar-refractivity contribution in [3.8, 4) is 0 Å².